The molecule has 0 radical (unpaired) electrons. The Kier molecular flexibility index (Phi) is 6.12. The molecule has 0 amide bonds. The van der Waals surface area contributed by atoms with Crippen molar-refractivity contribution in [1.82, 2.24) is 34.3 Å². The minimum atomic E-state index is -2.08. The van der Waals surface area contributed by atoms with Gasteiger partial charge in [0, 0.05) is 29.7 Å². The number of aromatic nitrogens is 6. The molecular weight excluding hydrogens is 452 g/mol. The van der Waals surface area contributed by atoms with E-state index in [1.54, 1.807) is 4.52 Å². The van der Waals surface area contributed by atoms with Crippen molar-refractivity contribution in [2.24, 2.45) is 0 Å². The zero-order valence-corrected chi connectivity index (χ0v) is 19.1. The molecule has 0 saturated heterocycles. The molecule has 0 fully saturated rings. The quantitative estimate of drug-likeness (QED) is 0.254. The Bertz CT molecular complexity index is 1480. The van der Waals surface area contributed by atoms with Crippen molar-refractivity contribution in [1.29, 1.82) is 0 Å². The minimum Gasteiger partial charge on any atom is -0.378 e. The number of H-pyrrole nitrogens is 1. The number of anilines is 1. The second-order valence-electron chi connectivity index (χ2n) is 7.63. The van der Waals surface area contributed by atoms with E-state index in [2.05, 4.69) is 30.1 Å². The first kappa shape index (κ1) is 21.9. The summed E-state index contributed by atoms with van der Waals surface area (Å²) in [4.78, 5) is 17.2. The second kappa shape index (κ2) is 9.51. The highest BCUT2D eigenvalue weighted by Gasteiger charge is 2.16. The van der Waals surface area contributed by atoms with Crippen molar-refractivity contribution in [3.63, 3.8) is 0 Å². The van der Waals surface area contributed by atoms with E-state index < -0.39 is 11.3 Å². The van der Waals surface area contributed by atoms with Crippen LogP contribution in [0.2, 0.25) is 0 Å². The SMILES string of the molecule is Cc1cccc(-c2[nH]c(CNc3ccccc3CNS(=O)O)nc2-c2ccc3ncnn3c2)n1. The van der Waals surface area contributed by atoms with Crippen LogP contribution in [0.15, 0.2) is 67.1 Å². The highest BCUT2D eigenvalue weighted by atomic mass is 32.2. The molecule has 1 aromatic carbocycles. The predicted octanol–water partition coefficient (Wildman–Crippen LogP) is 3.33. The number of pyridine rings is 2. The van der Waals surface area contributed by atoms with Crippen molar-refractivity contribution in [2.75, 3.05) is 5.32 Å². The predicted molar refractivity (Wildman–Crippen MR) is 130 cm³/mol. The summed E-state index contributed by atoms with van der Waals surface area (Å²) >= 11 is -2.08. The summed E-state index contributed by atoms with van der Waals surface area (Å²) in [5.41, 5.74) is 6.63. The Morgan fingerprint density at radius 2 is 1.94 bits per heavy atom. The van der Waals surface area contributed by atoms with E-state index in [0.717, 1.165) is 51.1 Å². The molecule has 0 aliphatic rings. The maximum Gasteiger partial charge on any atom is 0.232 e. The van der Waals surface area contributed by atoms with Crippen molar-refractivity contribution in [2.45, 2.75) is 20.0 Å². The molecule has 0 spiro atoms. The van der Waals surface area contributed by atoms with E-state index >= 15 is 0 Å². The highest BCUT2D eigenvalue weighted by molar-refractivity contribution is 7.77. The summed E-state index contributed by atoms with van der Waals surface area (Å²) < 4.78 is 24.3. The van der Waals surface area contributed by atoms with Gasteiger partial charge in [-0.15, -0.1) is 0 Å². The zero-order chi connectivity index (χ0) is 23.5. The average Bonchev–Trinajstić information content (AvgIpc) is 3.48. The number of benzene rings is 1. The van der Waals surface area contributed by atoms with E-state index in [-0.39, 0.29) is 6.54 Å². The first-order chi connectivity index (χ1) is 16.6. The number of para-hydroxylation sites is 1. The molecule has 172 valence electrons. The molecule has 0 bridgehead atoms. The van der Waals surface area contributed by atoms with Gasteiger partial charge in [-0.05, 0) is 42.8 Å². The molecule has 1 unspecified atom stereocenters. The first-order valence-corrected chi connectivity index (χ1v) is 11.7. The number of hydrogen-bond donors (Lipinski definition) is 4. The Morgan fingerprint density at radius 3 is 2.79 bits per heavy atom. The van der Waals surface area contributed by atoms with Crippen molar-refractivity contribution in [3.8, 4) is 22.6 Å². The number of fused-ring (bicyclic) bond motifs is 1. The van der Waals surface area contributed by atoms with Crippen molar-refractivity contribution >= 4 is 22.6 Å². The molecule has 0 saturated carbocycles. The lowest BCUT2D eigenvalue weighted by atomic mass is 10.1. The number of nitrogens with zero attached hydrogens (tertiary/aromatic N) is 5. The third kappa shape index (κ3) is 4.71. The molecular formula is C23H22N8O2S. The van der Waals surface area contributed by atoms with Crippen LogP contribution in [0.3, 0.4) is 0 Å². The lowest BCUT2D eigenvalue weighted by Gasteiger charge is -2.10. The standard InChI is InChI=1S/C23H22N8O2S/c1-15-5-4-8-19(28-15)23-22(17-9-10-21-25-14-26-31(21)13-17)29-20(30-23)12-24-18-7-3-2-6-16(18)11-27-34(32)33/h2-10,13-14,24,27H,11-12H2,1H3,(H,29,30)(H,32,33). The van der Waals surface area contributed by atoms with Gasteiger partial charge in [-0.3, -0.25) is 9.54 Å². The van der Waals surface area contributed by atoms with Crippen molar-refractivity contribution < 1.29 is 8.76 Å². The Morgan fingerprint density at radius 1 is 1.06 bits per heavy atom. The van der Waals surface area contributed by atoms with Gasteiger partial charge in [0.1, 0.15) is 12.2 Å². The molecule has 5 rings (SSSR count). The normalized spacial score (nSPS) is 12.2. The van der Waals surface area contributed by atoms with Crippen LogP contribution in [0.1, 0.15) is 17.1 Å². The lowest BCUT2D eigenvalue weighted by molar-refractivity contribution is 0.549. The molecule has 34 heavy (non-hydrogen) atoms. The summed E-state index contributed by atoms with van der Waals surface area (Å²) in [6.07, 6.45) is 3.41. The fourth-order valence-electron chi connectivity index (χ4n) is 3.70. The average molecular weight is 475 g/mol. The molecule has 5 aromatic rings. The van der Waals surface area contributed by atoms with Crippen LogP contribution < -0.4 is 10.0 Å². The Balaban J connectivity index is 1.48. The number of nitrogens with one attached hydrogen (secondary N) is 3. The molecule has 10 nitrogen and oxygen atoms in total. The summed E-state index contributed by atoms with van der Waals surface area (Å²) in [7, 11) is 0. The van der Waals surface area contributed by atoms with Crippen LogP contribution in [0.4, 0.5) is 5.69 Å². The van der Waals surface area contributed by atoms with Crippen LogP contribution in [0, 0.1) is 6.92 Å². The number of hydrogen-bond acceptors (Lipinski definition) is 6. The van der Waals surface area contributed by atoms with E-state index in [1.807, 2.05) is 67.7 Å². The fourth-order valence-corrected chi connectivity index (χ4v) is 3.98. The summed E-state index contributed by atoms with van der Waals surface area (Å²) in [5.74, 6) is 0.723. The summed E-state index contributed by atoms with van der Waals surface area (Å²) in [6.45, 7) is 2.63. The van der Waals surface area contributed by atoms with Crippen molar-refractivity contribution in [3.05, 3.63) is 84.2 Å². The lowest BCUT2D eigenvalue weighted by Crippen LogP contribution is -2.16. The van der Waals surface area contributed by atoms with E-state index in [4.69, 9.17) is 9.54 Å². The van der Waals surface area contributed by atoms with Gasteiger partial charge in [-0.25, -0.2) is 23.4 Å². The molecule has 4 heterocycles. The maximum atomic E-state index is 11.0. The Hall–Kier alpha value is -3.93. The molecule has 4 N–H and O–H groups in total. The van der Waals surface area contributed by atoms with Gasteiger partial charge in [0.15, 0.2) is 5.65 Å². The van der Waals surface area contributed by atoms with Crippen LogP contribution in [0.25, 0.3) is 28.3 Å². The number of imidazole rings is 1. The molecule has 0 aliphatic carbocycles. The topological polar surface area (TPSA) is 133 Å². The monoisotopic (exact) mass is 474 g/mol. The number of aromatic amines is 1. The minimum absolute atomic E-state index is 0.256. The van der Waals surface area contributed by atoms with E-state index in [1.165, 1.54) is 6.33 Å². The van der Waals surface area contributed by atoms with Crippen LogP contribution in [-0.4, -0.2) is 38.3 Å². The maximum absolute atomic E-state index is 11.0. The van der Waals surface area contributed by atoms with Gasteiger partial charge in [-0.2, -0.15) is 5.10 Å². The van der Waals surface area contributed by atoms with Crippen LogP contribution >= 0.6 is 0 Å². The van der Waals surface area contributed by atoms with Gasteiger partial charge < -0.3 is 10.3 Å². The van der Waals surface area contributed by atoms with Gasteiger partial charge in [0.25, 0.3) is 0 Å². The summed E-state index contributed by atoms with van der Waals surface area (Å²) in [6, 6.07) is 17.3. The highest BCUT2D eigenvalue weighted by Crippen LogP contribution is 2.30. The molecule has 4 aromatic heterocycles. The van der Waals surface area contributed by atoms with E-state index in [0.29, 0.717) is 6.54 Å². The van der Waals surface area contributed by atoms with Crippen LogP contribution in [-0.2, 0) is 24.4 Å². The van der Waals surface area contributed by atoms with E-state index in [9.17, 15) is 4.21 Å². The smallest absolute Gasteiger partial charge is 0.232 e. The zero-order valence-electron chi connectivity index (χ0n) is 18.3. The number of rotatable bonds is 8. The Labute approximate surface area is 197 Å². The van der Waals surface area contributed by atoms with Gasteiger partial charge >= 0.3 is 0 Å². The van der Waals surface area contributed by atoms with Crippen LogP contribution in [0.5, 0.6) is 0 Å². The first-order valence-electron chi connectivity index (χ1n) is 10.6. The third-order valence-corrected chi connectivity index (χ3v) is 5.69. The fraction of sp³-hybridized carbons (Fsp3) is 0.130. The van der Waals surface area contributed by atoms with Gasteiger partial charge in [0.05, 0.1) is 23.6 Å². The largest absolute Gasteiger partial charge is 0.378 e. The van der Waals surface area contributed by atoms with Gasteiger partial charge in [0.2, 0.25) is 11.3 Å². The number of aryl methyl sites for hydroxylation is 1. The second-order valence-corrected chi connectivity index (χ2v) is 8.42. The molecule has 1 atom stereocenters. The summed E-state index contributed by atoms with van der Waals surface area (Å²) in [5, 5.41) is 7.61. The third-order valence-electron chi connectivity index (χ3n) is 5.29. The van der Waals surface area contributed by atoms with Gasteiger partial charge in [-0.1, -0.05) is 24.3 Å². The molecule has 11 heteroatoms. The molecule has 0 aliphatic heterocycles.